The first kappa shape index (κ1) is 7.60. The number of nitrogens with two attached hydrogens (primary N) is 1. The molecular formula is C8H7N3O2. The highest BCUT2D eigenvalue weighted by Gasteiger charge is 2.09. The summed E-state index contributed by atoms with van der Waals surface area (Å²) in [6.07, 6.45) is 0. The maximum absolute atomic E-state index is 11.2. The van der Waals surface area contributed by atoms with Gasteiger partial charge in [-0.15, -0.1) is 0 Å². The second-order valence-corrected chi connectivity index (χ2v) is 2.67. The van der Waals surface area contributed by atoms with E-state index in [0.717, 1.165) is 0 Å². The van der Waals surface area contributed by atoms with Crippen molar-refractivity contribution >= 4 is 16.8 Å². The molecule has 0 fully saturated rings. The molecule has 5 nitrogen and oxygen atoms in total. The zero-order valence-corrected chi connectivity index (χ0v) is 6.63. The number of rotatable bonds is 1. The van der Waals surface area contributed by atoms with E-state index in [9.17, 15) is 9.59 Å². The Bertz CT molecular complexity index is 523. The number of hydrogen-bond donors (Lipinski definition) is 3. The zero-order chi connectivity index (χ0) is 9.42. The van der Waals surface area contributed by atoms with Crippen molar-refractivity contribution in [3.8, 4) is 0 Å². The van der Waals surface area contributed by atoms with Gasteiger partial charge >= 0.3 is 0 Å². The van der Waals surface area contributed by atoms with E-state index in [1.165, 1.54) is 6.07 Å². The number of aromatic amines is 2. The molecule has 0 bridgehead atoms. The SMILES string of the molecule is NC(=O)c1cccc2[nH][nH]c(=O)c12. The fraction of sp³-hybridized carbons (Fsp3) is 0. The van der Waals surface area contributed by atoms with E-state index in [0.29, 0.717) is 10.9 Å². The average molecular weight is 177 g/mol. The van der Waals surface area contributed by atoms with Crippen LogP contribution < -0.4 is 11.3 Å². The highest BCUT2D eigenvalue weighted by Crippen LogP contribution is 2.11. The van der Waals surface area contributed by atoms with E-state index in [1.807, 2.05) is 0 Å². The first-order chi connectivity index (χ1) is 6.20. The van der Waals surface area contributed by atoms with Gasteiger partial charge < -0.3 is 5.73 Å². The molecule has 1 aromatic heterocycles. The van der Waals surface area contributed by atoms with Crippen LogP contribution in [0, 0.1) is 0 Å². The van der Waals surface area contributed by atoms with Gasteiger partial charge in [-0.05, 0) is 12.1 Å². The van der Waals surface area contributed by atoms with Crippen LogP contribution in [0.5, 0.6) is 0 Å². The normalized spacial score (nSPS) is 10.5. The van der Waals surface area contributed by atoms with Gasteiger partial charge in [-0.3, -0.25) is 19.8 Å². The second kappa shape index (κ2) is 2.48. The van der Waals surface area contributed by atoms with Gasteiger partial charge in [0.05, 0.1) is 16.5 Å². The van der Waals surface area contributed by atoms with Crippen LogP contribution in [0.25, 0.3) is 10.9 Å². The molecule has 0 spiro atoms. The lowest BCUT2D eigenvalue weighted by Gasteiger charge is -1.94. The summed E-state index contributed by atoms with van der Waals surface area (Å²) in [6.45, 7) is 0. The van der Waals surface area contributed by atoms with Crippen molar-refractivity contribution in [2.75, 3.05) is 0 Å². The third-order valence-electron chi connectivity index (χ3n) is 1.87. The summed E-state index contributed by atoms with van der Waals surface area (Å²) >= 11 is 0. The molecule has 1 amide bonds. The molecule has 0 saturated carbocycles. The van der Waals surface area contributed by atoms with Gasteiger partial charge in [0, 0.05) is 0 Å². The lowest BCUT2D eigenvalue weighted by Crippen LogP contribution is -2.14. The minimum atomic E-state index is -0.601. The Labute approximate surface area is 72.5 Å². The fourth-order valence-electron chi connectivity index (χ4n) is 1.29. The van der Waals surface area contributed by atoms with E-state index >= 15 is 0 Å². The molecule has 1 aromatic carbocycles. The van der Waals surface area contributed by atoms with Crippen molar-refractivity contribution in [2.24, 2.45) is 5.73 Å². The Morgan fingerprint density at radius 3 is 2.77 bits per heavy atom. The monoisotopic (exact) mass is 177 g/mol. The molecule has 2 aromatic rings. The van der Waals surface area contributed by atoms with Crippen molar-refractivity contribution in [3.63, 3.8) is 0 Å². The predicted octanol–water partition coefficient (Wildman–Crippen LogP) is -0.0449. The molecule has 0 unspecified atom stereocenters. The molecule has 0 aliphatic rings. The number of aromatic nitrogens is 2. The fourth-order valence-corrected chi connectivity index (χ4v) is 1.29. The Morgan fingerprint density at radius 2 is 2.08 bits per heavy atom. The van der Waals surface area contributed by atoms with Crippen LogP contribution >= 0.6 is 0 Å². The molecule has 0 atom stereocenters. The number of hydrogen-bond acceptors (Lipinski definition) is 2. The van der Waals surface area contributed by atoms with Crippen molar-refractivity contribution in [1.29, 1.82) is 0 Å². The highest BCUT2D eigenvalue weighted by atomic mass is 16.1. The Morgan fingerprint density at radius 1 is 1.31 bits per heavy atom. The van der Waals surface area contributed by atoms with Gasteiger partial charge in [0.1, 0.15) is 0 Å². The highest BCUT2D eigenvalue weighted by molar-refractivity contribution is 6.05. The van der Waals surface area contributed by atoms with Crippen LogP contribution in [0.15, 0.2) is 23.0 Å². The number of H-pyrrole nitrogens is 2. The lowest BCUT2D eigenvalue weighted by molar-refractivity contribution is 0.100. The Hall–Kier alpha value is -2.04. The van der Waals surface area contributed by atoms with Crippen LogP contribution in [0.2, 0.25) is 0 Å². The quantitative estimate of drug-likeness (QED) is 0.570. The number of benzene rings is 1. The molecule has 13 heavy (non-hydrogen) atoms. The molecule has 0 aliphatic heterocycles. The molecule has 2 rings (SSSR count). The topological polar surface area (TPSA) is 91.7 Å². The molecular weight excluding hydrogens is 170 g/mol. The molecule has 66 valence electrons. The number of nitrogens with one attached hydrogen (secondary N) is 2. The summed E-state index contributed by atoms with van der Waals surface area (Å²) < 4.78 is 0. The van der Waals surface area contributed by atoms with Crippen LogP contribution in [0.3, 0.4) is 0 Å². The Balaban J connectivity index is 2.96. The van der Waals surface area contributed by atoms with Crippen molar-refractivity contribution in [2.45, 2.75) is 0 Å². The average Bonchev–Trinajstić information content (AvgIpc) is 2.48. The van der Waals surface area contributed by atoms with Gasteiger partial charge in [-0.2, -0.15) is 0 Å². The minimum absolute atomic E-state index is 0.236. The van der Waals surface area contributed by atoms with E-state index in [-0.39, 0.29) is 11.1 Å². The maximum Gasteiger partial charge on any atom is 0.272 e. The summed E-state index contributed by atoms with van der Waals surface area (Å²) in [5.74, 6) is -0.601. The number of carbonyl (C=O) groups excluding carboxylic acids is 1. The van der Waals surface area contributed by atoms with Crippen molar-refractivity contribution in [3.05, 3.63) is 34.1 Å². The first-order valence-electron chi connectivity index (χ1n) is 3.69. The summed E-state index contributed by atoms with van der Waals surface area (Å²) in [7, 11) is 0. The van der Waals surface area contributed by atoms with Crippen molar-refractivity contribution < 1.29 is 4.79 Å². The number of primary amides is 1. The van der Waals surface area contributed by atoms with E-state index in [1.54, 1.807) is 12.1 Å². The minimum Gasteiger partial charge on any atom is -0.366 e. The third-order valence-corrected chi connectivity index (χ3v) is 1.87. The molecule has 0 radical (unpaired) electrons. The summed E-state index contributed by atoms with van der Waals surface area (Å²) in [4.78, 5) is 22.1. The Kier molecular flexibility index (Phi) is 1.45. The molecule has 1 heterocycles. The predicted molar refractivity (Wildman–Crippen MR) is 47.4 cm³/mol. The molecule has 5 heteroatoms. The number of amides is 1. The van der Waals surface area contributed by atoms with Gasteiger partial charge in [0.2, 0.25) is 5.91 Å². The van der Waals surface area contributed by atoms with E-state index in [4.69, 9.17) is 5.73 Å². The van der Waals surface area contributed by atoms with E-state index in [2.05, 4.69) is 10.2 Å². The standard InChI is InChI=1S/C8H7N3O2/c9-7(12)4-2-1-3-5-6(4)8(13)11-10-5/h1-3H,(H2,9,12)(H2,10,11,13). The number of carbonyl (C=O) groups is 1. The summed E-state index contributed by atoms with van der Waals surface area (Å²) in [6, 6.07) is 4.87. The van der Waals surface area contributed by atoms with Crippen molar-refractivity contribution in [1.82, 2.24) is 10.2 Å². The molecule has 4 N–H and O–H groups in total. The van der Waals surface area contributed by atoms with Gasteiger partial charge in [-0.25, -0.2) is 0 Å². The maximum atomic E-state index is 11.2. The largest absolute Gasteiger partial charge is 0.366 e. The van der Waals surface area contributed by atoms with E-state index < -0.39 is 5.91 Å². The zero-order valence-electron chi connectivity index (χ0n) is 6.63. The smallest absolute Gasteiger partial charge is 0.272 e. The van der Waals surface area contributed by atoms with Crippen LogP contribution in [-0.4, -0.2) is 16.1 Å². The van der Waals surface area contributed by atoms with Crippen LogP contribution in [-0.2, 0) is 0 Å². The van der Waals surface area contributed by atoms with Gasteiger partial charge in [0.25, 0.3) is 5.56 Å². The van der Waals surface area contributed by atoms with Gasteiger partial charge in [0.15, 0.2) is 0 Å². The first-order valence-corrected chi connectivity index (χ1v) is 3.69. The van der Waals surface area contributed by atoms with Crippen LogP contribution in [0.4, 0.5) is 0 Å². The summed E-state index contributed by atoms with van der Waals surface area (Å²) in [5, 5.41) is 5.34. The molecule has 0 aliphatic carbocycles. The molecule has 0 saturated heterocycles. The number of fused-ring (bicyclic) bond motifs is 1. The van der Waals surface area contributed by atoms with Crippen LogP contribution in [0.1, 0.15) is 10.4 Å². The lowest BCUT2D eigenvalue weighted by atomic mass is 10.1. The third kappa shape index (κ3) is 1.01. The summed E-state index contributed by atoms with van der Waals surface area (Å²) in [5.41, 5.74) is 5.59. The second-order valence-electron chi connectivity index (χ2n) is 2.67. The van der Waals surface area contributed by atoms with Gasteiger partial charge in [-0.1, -0.05) is 6.07 Å².